The summed E-state index contributed by atoms with van der Waals surface area (Å²) in [6.07, 6.45) is 1.10. The largest absolute Gasteiger partial charge is 0.494 e. The van der Waals surface area contributed by atoms with Crippen molar-refractivity contribution in [3.63, 3.8) is 0 Å². The number of aryl methyl sites for hydroxylation is 1. The van der Waals surface area contributed by atoms with Gasteiger partial charge in [0, 0.05) is 17.4 Å². The van der Waals surface area contributed by atoms with Gasteiger partial charge in [0.2, 0.25) is 0 Å². The van der Waals surface area contributed by atoms with E-state index in [9.17, 15) is 4.79 Å². The maximum atomic E-state index is 12.7. The highest BCUT2D eigenvalue weighted by atomic mass is 32.1. The van der Waals surface area contributed by atoms with Crippen molar-refractivity contribution in [1.29, 1.82) is 0 Å². The third-order valence-corrected chi connectivity index (χ3v) is 5.75. The molecule has 0 aliphatic rings. The Morgan fingerprint density at radius 1 is 1.13 bits per heavy atom. The summed E-state index contributed by atoms with van der Waals surface area (Å²) in [4.78, 5) is 22.6. The third kappa shape index (κ3) is 4.83. The smallest absolute Gasteiger partial charge is 0.265 e. The number of carbonyl (C=O) groups excluding carboxylic acids is 1. The molecule has 0 spiro atoms. The van der Waals surface area contributed by atoms with Crippen LogP contribution in [0.4, 0.5) is 5.69 Å². The zero-order valence-corrected chi connectivity index (χ0v) is 18.4. The van der Waals surface area contributed by atoms with Gasteiger partial charge < -0.3 is 14.8 Å². The van der Waals surface area contributed by atoms with Crippen molar-refractivity contribution in [2.24, 2.45) is 0 Å². The van der Waals surface area contributed by atoms with Gasteiger partial charge in [-0.15, -0.1) is 0 Å². The number of hydrogen-bond donors (Lipinski definition) is 1. The molecule has 31 heavy (non-hydrogen) atoms. The molecule has 4 aromatic rings. The van der Waals surface area contributed by atoms with E-state index in [1.54, 1.807) is 25.3 Å². The Labute approximate surface area is 184 Å². The molecule has 0 fully saturated rings. The first-order valence-electron chi connectivity index (χ1n) is 10.1. The van der Waals surface area contributed by atoms with Gasteiger partial charge in [0.05, 0.1) is 6.61 Å². The van der Waals surface area contributed by atoms with Crippen LogP contribution in [0.2, 0.25) is 0 Å². The molecule has 1 amide bonds. The predicted octanol–water partition coefficient (Wildman–Crippen LogP) is 5.47. The Hall–Kier alpha value is -3.45. The van der Waals surface area contributed by atoms with Gasteiger partial charge in [-0.3, -0.25) is 4.79 Å². The fourth-order valence-corrected chi connectivity index (χ4v) is 3.96. The molecule has 0 aliphatic carbocycles. The Morgan fingerprint density at radius 3 is 2.65 bits per heavy atom. The number of nitrogens with one attached hydrogen (secondary N) is 1. The monoisotopic (exact) mass is 433 g/mol. The number of nitrogens with zero attached hydrogens (tertiary/aromatic N) is 2. The molecule has 2 aromatic heterocycles. The van der Waals surface area contributed by atoms with Gasteiger partial charge in [-0.05, 0) is 68.8 Å². The summed E-state index contributed by atoms with van der Waals surface area (Å²) >= 11 is 1.53. The second-order valence-corrected chi connectivity index (χ2v) is 8.01. The van der Waals surface area contributed by atoms with Gasteiger partial charge >= 0.3 is 0 Å². The van der Waals surface area contributed by atoms with Crippen LogP contribution in [-0.4, -0.2) is 28.6 Å². The quantitative estimate of drug-likeness (QED) is 0.418. The minimum atomic E-state index is -0.660. The van der Waals surface area contributed by atoms with Gasteiger partial charge in [0.25, 0.3) is 5.91 Å². The van der Waals surface area contributed by atoms with Crippen LogP contribution in [0.3, 0.4) is 0 Å². The number of benzene rings is 2. The normalized spacial score (nSPS) is 11.8. The molecule has 0 saturated heterocycles. The van der Waals surface area contributed by atoms with Crippen molar-refractivity contribution in [3.05, 3.63) is 66.4 Å². The van der Waals surface area contributed by atoms with Crippen molar-refractivity contribution in [3.8, 4) is 22.1 Å². The SMILES string of the molecule is CCOc1ccc(OC(C)C(=O)Nc2cc(-c3nc4cccnc4s3)ccc2C)cc1. The fourth-order valence-electron chi connectivity index (χ4n) is 3.06. The van der Waals surface area contributed by atoms with E-state index in [0.717, 1.165) is 37.9 Å². The highest BCUT2D eigenvalue weighted by Gasteiger charge is 2.17. The third-order valence-electron chi connectivity index (χ3n) is 4.73. The number of ether oxygens (including phenoxy) is 2. The van der Waals surface area contributed by atoms with E-state index in [4.69, 9.17) is 9.47 Å². The van der Waals surface area contributed by atoms with Gasteiger partial charge in [-0.1, -0.05) is 23.5 Å². The average molecular weight is 434 g/mol. The molecule has 7 heteroatoms. The van der Waals surface area contributed by atoms with Crippen LogP contribution < -0.4 is 14.8 Å². The van der Waals surface area contributed by atoms with Crippen molar-refractivity contribution in [2.75, 3.05) is 11.9 Å². The Morgan fingerprint density at radius 2 is 1.90 bits per heavy atom. The minimum Gasteiger partial charge on any atom is -0.494 e. The lowest BCUT2D eigenvalue weighted by atomic mass is 10.1. The van der Waals surface area contributed by atoms with E-state index >= 15 is 0 Å². The number of fused-ring (bicyclic) bond motifs is 1. The number of pyridine rings is 1. The lowest BCUT2D eigenvalue weighted by molar-refractivity contribution is -0.122. The standard InChI is InChI=1S/C24H23N3O3S/c1-4-29-18-9-11-19(12-10-18)30-16(3)22(28)26-21-14-17(8-7-15(21)2)23-27-20-6-5-13-25-24(20)31-23/h5-14,16H,4H2,1-3H3,(H,26,28). The molecule has 6 nitrogen and oxygen atoms in total. The summed E-state index contributed by atoms with van der Waals surface area (Å²) in [6, 6.07) is 17.0. The molecular weight excluding hydrogens is 410 g/mol. The van der Waals surface area contributed by atoms with Crippen LogP contribution in [0.5, 0.6) is 11.5 Å². The molecule has 4 rings (SSSR count). The number of carbonyl (C=O) groups is 1. The van der Waals surface area contributed by atoms with E-state index in [1.165, 1.54) is 11.3 Å². The van der Waals surface area contributed by atoms with E-state index in [-0.39, 0.29) is 5.91 Å². The maximum Gasteiger partial charge on any atom is 0.265 e. The zero-order valence-electron chi connectivity index (χ0n) is 17.6. The zero-order chi connectivity index (χ0) is 21.8. The van der Waals surface area contributed by atoms with Gasteiger partial charge in [-0.2, -0.15) is 0 Å². The summed E-state index contributed by atoms with van der Waals surface area (Å²) in [7, 11) is 0. The summed E-state index contributed by atoms with van der Waals surface area (Å²) < 4.78 is 11.2. The number of amides is 1. The Kier molecular flexibility index (Phi) is 6.13. The van der Waals surface area contributed by atoms with Crippen molar-refractivity contribution >= 4 is 33.3 Å². The predicted molar refractivity (Wildman–Crippen MR) is 124 cm³/mol. The van der Waals surface area contributed by atoms with Crippen molar-refractivity contribution in [2.45, 2.75) is 26.9 Å². The average Bonchev–Trinajstić information content (AvgIpc) is 3.21. The number of rotatable bonds is 7. The first kappa shape index (κ1) is 20.8. The van der Waals surface area contributed by atoms with Gasteiger partial charge in [0.15, 0.2) is 6.10 Å². The van der Waals surface area contributed by atoms with Crippen molar-refractivity contribution < 1.29 is 14.3 Å². The molecular formula is C24H23N3O3S. The molecule has 0 bridgehead atoms. The number of hydrogen-bond acceptors (Lipinski definition) is 6. The number of thiazole rings is 1. The maximum absolute atomic E-state index is 12.7. The molecule has 0 aliphatic heterocycles. The minimum absolute atomic E-state index is 0.222. The van der Waals surface area contributed by atoms with E-state index in [1.807, 2.05) is 56.3 Å². The molecule has 1 N–H and O–H groups in total. The summed E-state index contributed by atoms with van der Waals surface area (Å²) in [6.45, 7) is 6.22. The van der Waals surface area contributed by atoms with Crippen LogP contribution in [0.25, 0.3) is 20.9 Å². The molecule has 1 atom stereocenters. The molecule has 1 unspecified atom stereocenters. The van der Waals surface area contributed by atoms with Crippen LogP contribution in [-0.2, 0) is 4.79 Å². The first-order chi connectivity index (χ1) is 15.0. The van der Waals surface area contributed by atoms with Gasteiger partial charge in [0.1, 0.15) is 26.9 Å². The lowest BCUT2D eigenvalue weighted by Crippen LogP contribution is -2.30. The highest BCUT2D eigenvalue weighted by Crippen LogP contribution is 2.31. The molecule has 0 radical (unpaired) electrons. The second-order valence-electron chi connectivity index (χ2n) is 7.03. The Balaban J connectivity index is 1.47. The van der Waals surface area contributed by atoms with E-state index in [0.29, 0.717) is 12.4 Å². The molecule has 0 saturated carbocycles. The van der Waals surface area contributed by atoms with Crippen LogP contribution in [0.15, 0.2) is 60.8 Å². The molecule has 2 aromatic carbocycles. The lowest BCUT2D eigenvalue weighted by Gasteiger charge is -2.16. The second kappa shape index (κ2) is 9.14. The fraction of sp³-hybridized carbons (Fsp3) is 0.208. The summed E-state index contributed by atoms with van der Waals surface area (Å²) in [5.41, 5.74) is 3.50. The van der Waals surface area contributed by atoms with Crippen LogP contribution >= 0.6 is 11.3 Å². The first-order valence-corrected chi connectivity index (χ1v) is 10.9. The van der Waals surface area contributed by atoms with Crippen LogP contribution in [0, 0.1) is 6.92 Å². The Bertz CT molecular complexity index is 1170. The summed E-state index contributed by atoms with van der Waals surface area (Å²) in [5, 5.41) is 3.84. The topological polar surface area (TPSA) is 73.3 Å². The van der Waals surface area contributed by atoms with E-state index < -0.39 is 6.10 Å². The highest BCUT2D eigenvalue weighted by molar-refractivity contribution is 7.21. The van der Waals surface area contributed by atoms with Crippen LogP contribution in [0.1, 0.15) is 19.4 Å². The number of anilines is 1. The molecule has 2 heterocycles. The van der Waals surface area contributed by atoms with E-state index in [2.05, 4.69) is 15.3 Å². The van der Waals surface area contributed by atoms with Crippen molar-refractivity contribution in [1.82, 2.24) is 9.97 Å². The number of aromatic nitrogens is 2. The van der Waals surface area contributed by atoms with Gasteiger partial charge in [-0.25, -0.2) is 9.97 Å². The molecule has 158 valence electrons. The summed E-state index contributed by atoms with van der Waals surface area (Å²) in [5.74, 6) is 1.16.